The van der Waals surface area contributed by atoms with Crippen molar-refractivity contribution in [3.63, 3.8) is 0 Å². The zero-order chi connectivity index (χ0) is 24.5. The number of likely N-dealkylation sites (N-methyl/N-ethyl adjacent to an activating group) is 1. The van der Waals surface area contributed by atoms with E-state index < -0.39 is 5.54 Å². The van der Waals surface area contributed by atoms with E-state index in [0.29, 0.717) is 31.7 Å². The van der Waals surface area contributed by atoms with Gasteiger partial charge in [0.25, 0.3) is 0 Å². The Bertz CT molecular complexity index is 1290. The number of ether oxygens (including phenoxy) is 1. The molecule has 2 aromatic carbocycles. The Kier molecular flexibility index (Phi) is 6.22. The van der Waals surface area contributed by atoms with E-state index in [4.69, 9.17) is 14.7 Å². The molecule has 0 saturated carbocycles. The van der Waals surface area contributed by atoms with E-state index in [1.165, 1.54) is 22.9 Å². The molecule has 6 rings (SSSR count). The number of hydrogen-bond acceptors (Lipinski definition) is 8. The molecule has 3 aliphatic heterocycles. The Balaban J connectivity index is 1.37. The van der Waals surface area contributed by atoms with Gasteiger partial charge in [-0.3, -0.25) is 5.32 Å². The highest BCUT2D eigenvalue weighted by molar-refractivity contribution is 5.94. The Hall–Kier alpha value is -3.25. The number of benzene rings is 2. The van der Waals surface area contributed by atoms with Crippen LogP contribution in [0.3, 0.4) is 0 Å². The lowest BCUT2D eigenvalue weighted by Crippen LogP contribution is -2.57. The van der Waals surface area contributed by atoms with Gasteiger partial charge in [-0.2, -0.15) is 15.2 Å². The first-order valence-electron chi connectivity index (χ1n) is 13.0. The van der Waals surface area contributed by atoms with Gasteiger partial charge >= 0.3 is 6.01 Å². The molecule has 3 aliphatic rings. The number of anilines is 1. The van der Waals surface area contributed by atoms with Gasteiger partial charge in [-0.15, -0.1) is 0 Å². The number of nitriles is 1. The Morgan fingerprint density at radius 1 is 1.14 bits per heavy atom. The number of nitrogens with one attached hydrogen (secondary N) is 2. The first kappa shape index (κ1) is 23.2. The maximum absolute atomic E-state index is 10.3. The van der Waals surface area contributed by atoms with Crippen molar-refractivity contribution in [2.24, 2.45) is 0 Å². The van der Waals surface area contributed by atoms with Crippen LogP contribution in [0.5, 0.6) is 6.01 Å². The molecule has 4 heterocycles. The third kappa shape index (κ3) is 4.17. The summed E-state index contributed by atoms with van der Waals surface area (Å²) in [6, 6.07) is 18.3. The van der Waals surface area contributed by atoms with E-state index in [1.54, 1.807) is 0 Å². The number of piperazine rings is 1. The molecule has 2 atom stereocenters. The summed E-state index contributed by atoms with van der Waals surface area (Å²) >= 11 is 0. The van der Waals surface area contributed by atoms with Crippen LogP contribution in [-0.2, 0) is 18.5 Å². The van der Waals surface area contributed by atoms with Crippen molar-refractivity contribution in [2.75, 3.05) is 51.3 Å². The van der Waals surface area contributed by atoms with Gasteiger partial charge < -0.3 is 19.9 Å². The minimum atomic E-state index is -0.880. The standard InChI is InChI=1S/C28H33N7O/c1-34-14-5-8-21(34)17-36-27-32-24-16-35(25-10-4-7-20-6-2-3-9-22(20)25)15-11-23(24)26(33-27)28(18-29)19-30-12-13-31-28/h2-4,6-7,9-10,21,30-31H,5,8,11-17,19H2,1H3/t21-,28?/m0/s1. The number of likely N-dealkylation sites (tertiary alicyclic amines) is 1. The van der Waals surface area contributed by atoms with Crippen LogP contribution >= 0.6 is 0 Å². The first-order chi connectivity index (χ1) is 17.7. The summed E-state index contributed by atoms with van der Waals surface area (Å²) in [5.74, 6) is 0. The van der Waals surface area contributed by atoms with E-state index in [0.717, 1.165) is 56.0 Å². The fourth-order valence-corrected chi connectivity index (χ4v) is 5.88. The molecule has 2 N–H and O–H groups in total. The smallest absolute Gasteiger partial charge is 0.317 e. The van der Waals surface area contributed by atoms with E-state index in [2.05, 4.69) is 76.0 Å². The molecule has 0 amide bonds. The van der Waals surface area contributed by atoms with Crippen LogP contribution in [0.25, 0.3) is 10.8 Å². The highest BCUT2D eigenvalue weighted by Gasteiger charge is 2.40. The predicted octanol–water partition coefficient (Wildman–Crippen LogP) is 2.58. The third-order valence-corrected chi connectivity index (χ3v) is 7.94. The molecule has 1 aromatic heterocycles. The fraction of sp³-hybridized carbons (Fsp3) is 0.464. The highest BCUT2D eigenvalue weighted by atomic mass is 16.5. The monoisotopic (exact) mass is 483 g/mol. The van der Waals surface area contributed by atoms with E-state index in [-0.39, 0.29) is 0 Å². The average molecular weight is 484 g/mol. The molecule has 0 spiro atoms. The van der Waals surface area contributed by atoms with Gasteiger partial charge in [-0.25, -0.2) is 0 Å². The molecule has 2 saturated heterocycles. The lowest BCUT2D eigenvalue weighted by atomic mass is 9.87. The predicted molar refractivity (Wildman–Crippen MR) is 140 cm³/mol. The van der Waals surface area contributed by atoms with Crippen molar-refractivity contribution >= 4 is 16.5 Å². The number of aromatic nitrogens is 2. The second-order valence-corrected chi connectivity index (χ2v) is 10.2. The molecular formula is C28H33N7O. The maximum atomic E-state index is 10.3. The van der Waals surface area contributed by atoms with Crippen LogP contribution in [0, 0.1) is 11.3 Å². The third-order valence-electron chi connectivity index (χ3n) is 7.94. The Morgan fingerprint density at radius 3 is 2.83 bits per heavy atom. The van der Waals surface area contributed by atoms with Crippen molar-refractivity contribution in [2.45, 2.75) is 37.4 Å². The zero-order valence-electron chi connectivity index (χ0n) is 20.8. The van der Waals surface area contributed by atoms with Gasteiger partial charge in [0, 0.05) is 48.9 Å². The summed E-state index contributed by atoms with van der Waals surface area (Å²) in [6.45, 7) is 5.24. The van der Waals surface area contributed by atoms with Crippen molar-refractivity contribution in [1.29, 1.82) is 5.26 Å². The van der Waals surface area contributed by atoms with E-state index in [9.17, 15) is 5.26 Å². The molecule has 2 fully saturated rings. The van der Waals surface area contributed by atoms with E-state index in [1.807, 2.05) is 0 Å². The number of nitrogens with zero attached hydrogens (tertiary/aromatic N) is 5. The Labute approximate surface area is 212 Å². The molecule has 8 heteroatoms. The number of fused-ring (bicyclic) bond motifs is 2. The number of rotatable bonds is 5. The quantitative estimate of drug-likeness (QED) is 0.573. The second-order valence-electron chi connectivity index (χ2n) is 10.2. The SMILES string of the molecule is CN1CCC[C@H]1COc1nc2c(c(C3(C#N)CNCCN3)n1)CCN(c1cccc3ccccc13)C2. The zero-order valence-corrected chi connectivity index (χ0v) is 20.8. The molecule has 0 radical (unpaired) electrons. The van der Waals surface area contributed by atoms with Gasteiger partial charge in [0.1, 0.15) is 6.61 Å². The molecule has 0 bridgehead atoms. The van der Waals surface area contributed by atoms with Crippen LogP contribution in [0.1, 0.15) is 29.8 Å². The molecule has 36 heavy (non-hydrogen) atoms. The van der Waals surface area contributed by atoms with E-state index >= 15 is 0 Å². The topological polar surface area (TPSA) is 89.3 Å². The summed E-state index contributed by atoms with van der Waals surface area (Å²) in [4.78, 5) is 14.5. The maximum Gasteiger partial charge on any atom is 0.317 e. The second kappa shape index (κ2) is 9.66. The van der Waals surface area contributed by atoms with Crippen LogP contribution in [0.4, 0.5) is 5.69 Å². The van der Waals surface area contributed by atoms with Crippen molar-refractivity contribution in [3.8, 4) is 12.1 Å². The van der Waals surface area contributed by atoms with Crippen LogP contribution < -0.4 is 20.3 Å². The van der Waals surface area contributed by atoms with Gasteiger partial charge in [-0.1, -0.05) is 36.4 Å². The normalized spacial score (nSPS) is 24.4. The van der Waals surface area contributed by atoms with Crippen LogP contribution in [-0.4, -0.2) is 67.3 Å². The average Bonchev–Trinajstić information content (AvgIpc) is 3.35. The van der Waals surface area contributed by atoms with Crippen molar-refractivity contribution in [3.05, 3.63) is 59.4 Å². The van der Waals surface area contributed by atoms with Crippen molar-refractivity contribution in [1.82, 2.24) is 25.5 Å². The lowest BCUT2D eigenvalue weighted by molar-refractivity contribution is 0.185. The molecule has 186 valence electrons. The largest absolute Gasteiger partial charge is 0.462 e. The summed E-state index contributed by atoms with van der Waals surface area (Å²) in [6.07, 6.45) is 3.09. The highest BCUT2D eigenvalue weighted by Crippen LogP contribution is 2.34. The van der Waals surface area contributed by atoms with Gasteiger partial charge in [-0.05, 0) is 44.3 Å². The van der Waals surface area contributed by atoms with Gasteiger partial charge in [0.05, 0.1) is 24.0 Å². The van der Waals surface area contributed by atoms with Crippen LogP contribution in [0.2, 0.25) is 0 Å². The fourth-order valence-electron chi connectivity index (χ4n) is 5.88. The van der Waals surface area contributed by atoms with Crippen molar-refractivity contribution < 1.29 is 4.74 Å². The first-order valence-corrected chi connectivity index (χ1v) is 13.0. The van der Waals surface area contributed by atoms with Crippen LogP contribution in [0.15, 0.2) is 42.5 Å². The molecule has 8 nitrogen and oxygen atoms in total. The molecular weight excluding hydrogens is 450 g/mol. The molecule has 0 aliphatic carbocycles. The van der Waals surface area contributed by atoms with Gasteiger partial charge in [0.15, 0.2) is 5.54 Å². The molecule has 1 unspecified atom stereocenters. The minimum absolute atomic E-state index is 0.375. The molecule has 3 aromatic rings. The lowest BCUT2D eigenvalue weighted by Gasteiger charge is -2.37. The summed E-state index contributed by atoms with van der Waals surface area (Å²) in [5.41, 5.74) is 3.14. The summed E-state index contributed by atoms with van der Waals surface area (Å²) < 4.78 is 6.22. The Morgan fingerprint density at radius 2 is 2.03 bits per heavy atom. The summed E-state index contributed by atoms with van der Waals surface area (Å²) in [7, 11) is 2.14. The summed E-state index contributed by atoms with van der Waals surface area (Å²) in [5, 5.41) is 19.6. The minimum Gasteiger partial charge on any atom is -0.462 e. The number of hydrogen-bond donors (Lipinski definition) is 2. The van der Waals surface area contributed by atoms with Gasteiger partial charge in [0.2, 0.25) is 0 Å².